The number of amides is 3. The Morgan fingerprint density at radius 1 is 0.573 bits per heavy atom. The quantitative estimate of drug-likeness (QED) is 0.0300. The number of hydrogen-bond donors (Lipinski definition) is 7. The predicted octanol–water partition coefficient (Wildman–Crippen LogP) is -1.22. The Labute approximate surface area is 438 Å². The van der Waals surface area contributed by atoms with Crippen LogP contribution in [0.15, 0.2) is 23.0 Å². The Morgan fingerprint density at radius 2 is 1.01 bits per heavy atom. The number of carbonyl (C=O) groups excluding carboxylic acids is 3. The maximum atomic E-state index is 13.5. The Kier molecular flexibility index (Phi) is 38.6. The van der Waals surface area contributed by atoms with Gasteiger partial charge in [-0.05, 0) is 18.9 Å². The van der Waals surface area contributed by atoms with E-state index < -0.39 is 60.4 Å². The summed E-state index contributed by atoms with van der Waals surface area (Å²) in [6, 6.07) is 2.39. The number of ether oxygens (including phenoxy) is 6. The minimum Gasteiger partial charge on any atom is -0.480 e. The highest BCUT2D eigenvalue weighted by molar-refractivity contribution is 5.92. The van der Waals surface area contributed by atoms with E-state index in [1.54, 1.807) is 19.6 Å². The molecule has 1 aromatic heterocycles. The van der Waals surface area contributed by atoms with E-state index in [9.17, 15) is 64.0 Å². The van der Waals surface area contributed by atoms with Crippen LogP contribution in [0.2, 0.25) is 0 Å². The molecule has 3 amide bonds. The Bertz CT molecular complexity index is 1810. The molecule has 0 spiro atoms. The first-order valence-corrected chi connectivity index (χ1v) is 25.6. The third-order valence-electron chi connectivity index (χ3n) is 11.1. The van der Waals surface area contributed by atoms with Crippen molar-refractivity contribution in [1.82, 2.24) is 39.9 Å². The van der Waals surface area contributed by atoms with E-state index in [0.29, 0.717) is 33.0 Å². The fourth-order valence-corrected chi connectivity index (χ4v) is 7.20. The number of hydrogen-bond acceptors (Lipinski definition) is 19. The van der Waals surface area contributed by atoms with E-state index in [4.69, 9.17) is 28.4 Å². The molecule has 7 N–H and O–H groups in total. The van der Waals surface area contributed by atoms with Gasteiger partial charge in [0.05, 0.1) is 92.3 Å². The summed E-state index contributed by atoms with van der Waals surface area (Å²) in [4.78, 5) is 106. The van der Waals surface area contributed by atoms with Crippen LogP contribution in [-0.4, -0.2) is 280 Å². The van der Waals surface area contributed by atoms with Crippen molar-refractivity contribution in [2.24, 2.45) is 0 Å². The van der Waals surface area contributed by atoms with Crippen molar-refractivity contribution < 1.29 is 87.6 Å². The number of pyridine rings is 1. The highest BCUT2D eigenvalue weighted by atomic mass is 16.6. The molecule has 1 aliphatic rings. The van der Waals surface area contributed by atoms with Gasteiger partial charge in [0.2, 0.25) is 11.8 Å². The second-order valence-electron chi connectivity index (χ2n) is 16.8. The molecule has 27 nitrogen and oxygen atoms in total. The lowest BCUT2D eigenvalue weighted by atomic mass is 10.1. The molecule has 27 heteroatoms. The number of carboxylic acids is 4. The minimum atomic E-state index is -1.26. The van der Waals surface area contributed by atoms with Gasteiger partial charge < -0.3 is 69.6 Å². The molecule has 1 saturated heterocycles. The molecule has 1 atom stereocenters. The summed E-state index contributed by atoms with van der Waals surface area (Å²) >= 11 is 0. The summed E-state index contributed by atoms with van der Waals surface area (Å²) in [5.41, 5.74) is -1.17. The Balaban J connectivity index is 0.0000139. The van der Waals surface area contributed by atoms with Crippen molar-refractivity contribution in [3.05, 3.63) is 34.2 Å². The summed E-state index contributed by atoms with van der Waals surface area (Å²) in [6.45, 7) is 9.91. The topological polar surface area (TPSA) is 338 Å². The standard InChI is InChI=1S/C46H78N8O19.C2H6/c1-2-3-22-68-26-30-72-31-27-69-23-9-40(56)48-11-24-70-28-32-73-33-29-71-25-21-53(45(64)37-5-4-6-41(57)54(37)67)12-10-47-39(55)8-7-38(46(65)66)52-19-17-50(35-43(60)61)15-13-49(34-42(58)59)14-16-51(18-20-52)36-44(62)63;1-2/h4-6,38,67H,2-3,7-36H2,1H3,(H,47,55)(H,48,56)(H,58,59)(H,60,61)(H,62,63)(H,65,66);1-2H3. The molecule has 430 valence electrons. The van der Waals surface area contributed by atoms with Gasteiger partial charge in [-0.2, -0.15) is 0 Å². The smallest absolute Gasteiger partial charge is 0.320 e. The van der Waals surface area contributed by atoms with Crippen LogP contribution in [0.4, 0.5) is 0 Å². The van der Waals surface area contributed by atoms with Gasteiger partial charge in [-0.25, -0.2) is 0 Å². The summed E-state index contributed by atoms with van der Waals surface area (Å²) in [5, 5.41) is 54.5. The van der Waals surface area contributed by atoms with E-state index in [-0.39, 0.29) is 160 Å². The van der Waals surface area contributed by atoms with Crippen LogP contribution in [-0.2, 0) is 57.2 Å². The largest absolute Gasteiger partial charge is 0.480 e. The zero-order chi connectivity index (χ0) is 55.6. The number of aromatic nitrogens is 1. The molecule has 0 aromatic carbocycles. The lowest BCUT2D eigenvalue weighted by Gasteiger charge is -2.35. The monoisotopic (exact) mass is 1080 g/mol. The van der Waals surface area contributed by atoms with Crippen molar-refractivity contribution in [2.45, 2.75) is 58.9 Å². The normalized spacial score (nSPS) is 14.6. The van der Waals surface area contributed by atoms with Gasteiger partial charge in [-0.1, -0.05) is 33.3 Å². The molecule has 0 bridgehead atoms. The lowest BCUT2D eigenvalue weighted by Crippen LogP contribution is -2.52. The lowest BCUT2D eigenvalue weighted by molar-refractivity contribution is -0.145. The molecule has 1 aromatic rings. The molecule has 0 radical (unpaired) electrons. The van der Waals surface area contributed by atoms with Crippen molar-refractivity contribution in [3.8, 4) is 0 Å². The van der Waals surface area contributed by atoms with Gasteiger partial charge in [0.25, 0.3) is 11.5 Å². The summed E-state index contributed by atoms with van der Waals surface area (Å²) in [6.07, 6.45) is 1.87. The molecular weight excluding hydrogens is 993 g/mol. The van der Waals surface area contributed by atoms with Crippen LogP contribution < -0.4 is 16.2 Å². The van der Waals surface area contributed by atoms with E-state index in [1.165, 1.54) is 17.0 Å². The molecule has 2 heterocycles. The third-order valence-corrected chi connectivity index (χ3v) is 11.1. The van der Waals surface area contributed by atoms with Gasteiger partial charge in [-0.15, -0.1) is 4.73 Å². The van der Waals surface area contributed by atoms with Crippen LogP contribution in [0.25, 0.3) is 0 Å². The molecule has 0 saturated carbocycles. The number of unbranched alkanes of at least 4 members (excludes halogenated alkanes) is 1. The average Bonchev–Trinajstić information content (AvgIpc) is 3.36. The van der Waals surface area contributed by atoms with Gasteiger partial charge in [-0.3, -0.25) is 58.0 Å². The third kappa shape index (κ3) is 33.3. The van der Waals surface area contributed by atoms with E-state index in [0.717, 1.165) is 25.5 Å². The minimum absolute atomic E-state index is 0.0136. The molecule has 1 aliphatic heterocycles. The number of carbonyl (C=O) groups is 7. The summed E-state index contributed by atoms with van der Waals surface area (Å²) < 4.78 is 33.1. The van der Waals surface area contributed by atoms with E-state index in [1.807, 2.05) is 13.8 Å². The molecule has 1 fully saturated rings. The Hall–Kier alpha value is -5.36. The van der Waals surface area contributed by atoms with Crippen LogP contribution in [0.5, 0.6) is 0 Å². The molecule has 2 rings (SSSR count). The number of nitrogens with zero attached hydrogens (tertiary/aromatic N) is 6. The maximum Gasteiger partial charge on any atom is 0.320 e. The molecule has 75 heavy (non-hydrogen) atoms. The number of aliphatic carboxylic acids is 4. The fraction of sp³-hybridized carbons (Fsp3) is 0.750. The van der Waals surface area contributed by atoms with Gasteiger partial charge in [0.1, 0.15) is 11.7 Å². The zero-order valence-electron chi connectivity index (χ0n) is 44.1. The van der Waals surface area contributed by atoms with Crippen LogP contribution in [0, 0.1) is 0 Å². The van der Waals surface area contributed by atoms with Crippen LogP contribution in [0.1, 0.15) is 63.4 Å². The van der Waals surface area contributed by atoms with Crippen molar-refractivity contribution in [1.29, 1.82) is 0 Å². The van der Waals surface area contributed by atoms with Crippen LogP contribution >= 0.6 is 0 Å². The zero-order valence-corrected chi connectivity index (χ0v) is 44.1. The molecule has 0 aliphatic carbocycles. The summed E-state index contributed by atoms with van der Waals surface area (Å²) in [5.74, 6) is -6.09. The van der Waals surface area contributed by atoms with Crippen molar-refractivity contribution in [2.75, 3.05) is 177 Å². The highest BCUT2D eigenvalue weighted by Gasteiger charge is 2.29. The summed E-state index contributed by atoms with van der Waals surface area (Å²) in [7, 11) is 0. The first kappa shape index (κ1) is 67.7. The highest BCUT2D eigenvalue weighted by Crippen LogP contribution is 2.11. The molecular formula is C48H84N8O19. The number of nitrogens with one attached hydrogen (secondary N) is 2. The number of rotatable bonds is 39. The maximum absolute atomic E-state index is 13.5. The first-order chi connectivity index (χ1) is 36.1. The van der Waals surface area contributed by atoms with Crippen LogP contribution in [0.3, 0.4) is 0 Å². The predicted molar refractivity (Wildman–Crippen MR) is 270 cm³/mol. The average molecular weight is 1080 g/mol. The van der Waals surface area contributed by atoms with Crippen molar-refractivity contribution >= 4 is 41.6 Å². The van der Waals surface area contributed by atoms with E-state index in [2.05, 4.69) is 17.6 Å². The number of carboxylic acid groups (broad SMARTS) is 4. The van der Waals surface area contributed by atoms with E-state index >= 15 is 0 Å². The van der Waals surface area contributed by atoms with Crippen molar-refractivity contribution in [3.63, 3.8) is 0 Å². The second-order valence-corrected chi connectivity index (χ2v) is 16.8. The Morgan fingerprint density at radius 3 is 1.51 bits per heavy atom. The van der Waals surface area contributed by atoms with Gasteiger partial charge in [0, 0.05) is 104 Å². The second kappa shape index (κ2) is 42.8. The van der Waals surface area contributed by atoms with Gasteiger partial charge >= 0.3 is 23.9 Å². The SMILES string of the molecule is CC.CCCCOCCOCCOCCC(=O)NCCOCCOCCOCCN(CCNC(=O)CCC(C(=O)O)N1CCN(CC(=O)O)CCN(CC(=O)O)CCN(CC(=O)O)CC1)C(=O)c1cccc(=O)n1O. The van der Waals surface area contributed by atoms with Gasteiger partial charge in [0.15, 0.2) is 0 Å². The first-order valence-electron chi connectivity index (χ1n) is 25.6. The molecule has 1 unspecified atom stereocenters. The fourth-order valence-electron chi connectivity index (χ4n) is 7.20.